The fourth-order valence-corrected chi connectivity index (χ4v) is 1.62. The minimum Gasteiger partial charge on any atom is -0.343 e. The normalized spacial score (nSPS) is 10.2. The zero-order valence-electron chi connectivity index (χ0n) is 9.54. The number of benzene rings is 1. The molecule has 0 unspecified atom stereocenters. The van der Waals surface area contributed by atoms with Gasteiger partial charge in [-0.3, -0.25) is 0 Å². The lowest BCUT2D eigenvalue weighted by molar-refractivity contribution is 1.16. The fraction of sp³-hybridized carbons (Fsp3) is 0. The van der Waals surface area contributed by atoms with Gasteiger partial charge in [-0.25, -0.2) is 15.0 Å². The molecule has 0 aliphatic rings. The molecule has 0 atom stereocenters. The van der Waals surface area contributed by atoms with Gasteiger partial charge < -0.3 is 10.3 Å². The summed E-state index contributed by atoms with van der Waals surface area (Å²) in [7, 11) is 0. The van der Waals surface area contributed by atoms with Gasteiger partial charge in [-0.2, -0.15) is 0 Å². The third-order valence-electron chi connectivity index (χ3n) is 2.46. The summed E-state index contributed by atoms with van der Waals surface area (Å²) < 4.78 is 0. The van der Waals surface area contributed by atoms with E-state index in [1.165, 1.54) is 0 Å². The summed E-state index contributed by atoms with van der Waals surface area (Å²) in [6.07, 6.45) is 5.07. The predicted octanol–water partition coefficient (Wildman–Crippen LogP) is 2.61. The molecule has 0 aliphatic heterocycles. The van der Waals surface area contributed by atoms with Crippen molar-refractivity contribution >= 4 is 11.6 Å². The number of rotatable bonds is 3. The second-order valence-electron chi connectivity index (χ2n) is 3.72. The number of aromatic amines is 1. The number of H-pyrrole nitrogens is 1. The van der Waals surface area contributed by atoms with Gasteiger partial charge in [0.25, 0.3) is 0 Å². The third-order valence-corrected chi connectivity index (χ3v) is 2.46. The lowest BCUT2D eigenvalue weighted by atomic mass is 10.3. The highest BCUT2D eigenvalue weighted by Gasteiger charge is 2.03. The van der Waals surface area contributed by atoms with Gasteiger partial charge in [-0.05, 0) is 18.2 Å². The molecule has 0 fully saturated rings. The molecule has 0 amide bonds. The number of para-hydroxylation sites is 1. The number of hydrogen-bond donors (Lipinski definition) is 2. The number of hydrogen-bond acceptors (Lipinski definition) is 4. The van der Waals surface area contributed by atoms with Gasteiger partial charge in [0.2, 0.25) is 5.95 Å². The summed E-state index contributed by atoms with van der Waals surface area (Å²) in [6, 6.07) is 11.7. The molecule has 0 saturated heterocycles. The highest BCUT2D eigenvalue weighted by Crippen LogP contribution is 2.16. The molecule has 3 aromatic rings. The number of imidazole rings is 1. The highest BCUT2D eigenvalue weighted by atomic mass is 15.1. The minimum absolute atomic E-state index is 0.563. The van der Waals surface area contributed by atoms with Crippen molar-refractivity contribution in [2.45, 2.75) is 0 Å². The smallest absolute Gasteiger partial charge is 0.227 e. The maximum atomic E-state index is 4.42. The Hall–Kier alpha value is -2.69. The van der Waals surface area contributed by atoms with Crippen molar-refractivity contribution in [3.63, 3.8) is 0 Å². The van der Waals surface area contributed by atoms with E-state index in [-0.39, 0.29) is 0 Å². The Morgan fingerprint density at radius 2 is 1.94 bits per heavy atom. The van der Waals surface area contributed by atoms with E-state index in [4.69, 9.17) is 0 Å². The van der Waals surface area contributed by atoms with Crippen LogP contribution in [-0.4, -0.2) is 19.9 Å². The van der Waals surface area contributed by atoms with Crippen LogP contribution in [0.25, 0.3) is 11.4 Å². The zero-order valence-corrected chi connectivity index (χ0v) is 9.54. The van der Waals surface area contributed by atoms with Crippen LogP contribution in [0.3, 0.4) is 0 Å². The summed E-state index contributed by atoms with van der Waals surface area (Å²) in [5, 5.41) is 3.15. The Morgan fingerprint density at radius 1 is 1.06 bits per heavy atom. The van der Waals surface area contributed by atoms with Gasteiger partial charge in [0.1, 0.15) is 0 Å². The van der Waals surface area contributed by atoms with E-state index in [0.717, 1.165) is 17.1 Å². The molecule has 5 heteroatoms. The van der Waals surface area contributed by atoms with Crippen LogP contribution in [0.5, 0.6) is 0 Å². The average molecular weight is 237 g/mol. The molecule has 0 bridgehead atoms. The van der Waals surface area contributed by atoms with Crippen LogP contribution in [0.15, 0.2) is 55.1 Å². The molecule has 5 nitrogen and oxygen atoms in total. The highest BCUT2D eigenvalue weighted by molar-refractivity contribution is 5.58. The second-order valence-corrected chi connectivity index (χ2v) is 3.72. The Balaban J connectivity index is 1.88. The number of aromatic nitrogens is 4. The molecule has 2 N–H and O–H groups in total. The van der Waals surface area contributed by atoms with Gasteiger partial charge in [0.05, 0.1) is 23.9 Å². The summed E-state index contributed by atoms with van der Waals surface area (Å²) >= 11 is 0. The van der Waals surface area contributed by atoms with Crippen molar-refractivity contribution < 1.29 is 0 Å². The molecule has 3 rings (SSSR count). The maximum Gasteiger partial charge on any atom is 0.227 e. The van der Waals surface area contributed by atoms with Crippen LogP contribution in [-0.2, 0) is 0 Å². The molecule has 18 heavy (non-hydrogen) atoms. The summed E-state index contributed by atoms with van der Waals surface area (Å²) in [4.78, 5) is 15.6. The van der Waals surface area contributed by atoms with E-state index in [1.807, 2.05) is 36.4 Å². The van der Waals surface area contributed by atoms with Gasteiger partial charge in [-0.15, -0.1) is 0 Å². The molecule has 2 aromatic heterocycles. The van der Waals surface area contributed by atoms with E-state index >= 15 is 0 Å². The Labute approximate surface area is 104 Å². The Bertz CT molecular complexity index is 619. The van der Waals surface area contributed by atoms with Crippen LogP contribution in [0, 0.1) is 0 Å². The van der Waals surface area contributed by atoms with Crippen LogP contribution < -0.4 is 5.32 Å². The first-order valence-corrected chi connectivity index (χ1v) is 5.56. The van der Waals surface area contributed by atoms with Gasteiger partial charge in [0.15, 0.2) is 0 Å². The number of nitrogens with one attached hydrogen (secondary N) is 2. The molecular weight excluding hydrogens is 226 g/mol. The maximum absolute atomic E-state index is 4.42. The average Bonchev–Trinajstić information content (AvgIpc) is 2.94. The van der Waals surface area contributed by atoms with Crippen molar-refractivity contribution in [1.29, 1.82) is 0 Å². The van der Waals surface area contributed by atoms with Gasteiger partial charge in [-0.1, -0.05) is 18.2 Å². The van der Waals surface area contributed by atoms with Crippen molar-refractivity contribution in [2.24, 2.45) is 0 Å². The summed E-state index contributed by atoms with van der Waals surface area (Å²) in [5.41, 5.74) is 2.63. The third kappa shape index (κ3) is 2.20. The van der Waals surface area contributed by atoms with E-state index in [1.54, 1.807) is 18.7 Å². The van der Waals surface area contributed by atoms with Crippen molar-refractivity contribution in [3.8, 4) is 11.4 Å². The van der Waals surface area contributed by atoms with Gasteiger partial charge >= 0.3 is 0 Å². The molecule has 0 aliphatic carbocycles. The molecular formula is C13H11N5. The van der Waals surface area contributed by atoms with E-state index in [2.05, 4.69) is 25.3 Å². The lowest BCUT2D eigenvalue weighted by Gasteiger charge is -2.05. The molecule has 0 saturated carbocycles. The predicted molar refractivity (Wildman–Crippen MR) is 69.3 cm³/mol. The van der Waals surface area contributed by atoms with E-state index in [0.29, 0.717) is 5.95 Å². The van der Waals surface area contributed by atoms with E-state index in [9.17, 15) is 0 Å². The van der Waals surface area contributed by atoms with Crippen molar-refractivity contribution in [3.05, 3.63) is 55.1 Å². The van der Waals surface area contributed by atoms with Crippen LogP contribution in [0.2, 0.25) is 0 Å². The van der Waals surface area contributed by atoms with Crippen molar-refractivity contribution in [1.82, 2.24) is 19.9 Å². The van der Waals surface area contributed by atoms with Crippen LogP contribution in [0.4, 0.5) is 11.6 Å². The first-order chi connectivity index (χ1) is 8.92. The number of nitrogens with zero attached hydrogens (tertiary/aromatic N) is 3. The SMILES string of the molecule is c1ccc(Nc2nccc(-c3cnc[nH]3)n2)cc1. The molecule has 2 heterocycles. The fourth-order valence-electron chi connectivity index (χ4n) is 1.62. The standard InChI is InChI=1S/C13H11N5/c1-2-4-10(5-3-1)17-13-15-7-6-11(18-13)12-8-14-9-16-12/h1-9H,(H,14,16)(H,15,17,18). The largest absolute Gasteiger partial charge is 0.343 e. The number of anilines is 2. The Kier molecular flexibility index (Phi) is 2.71. The summed E-state index contributed by atoms with van der Waals surface area (Å²) in [6.45, 7) is 0. The molecule has 88 valence electrons. The first-order valence-electron chi connectivity index (χ1n) is 5.56. The topological polar surface area (TPSA) is 66.5 Å². The quantitative estimate of drug-likeness (QED) is 0.734. The van der Waals surface area contributed by atoms with Crippen molar-refractivity contribution in [2.75, 3.05) is 5.32 Å². The monoisotopic (exact) mass is 237 g/mol. The summed E-state index contributed by atoms with van der Waals surface area (Å²) in [5.74, 6) is 0.563. The molecule has 1 aromatic carbocycles. The lowest BCUT2D eigenvalue weighted by Crippen LogP contribution is -1.97. The zero-order chi connectivity index (χ0) is 12.2. The van der Waals surface area contributed by atoms with Crippen LogP contribution >= 0.6 is 0 Å². The minimum atomic E-state index is 0.563. The molecule has 0 radical (unpaired) electrons. The first kappa shape index (κ1) is 10.5. The molecule has 0 spiro atoms. The van der Waals surface area contributed by atoms with Crippen LogP contribution in [0.1, 0.15) is 0 Å². The Morgan fingerprint density at radius 3 is 2.72 bits per heavy atom. The van der Waals surface area contributed by atoms with E-state index < -0.39 is 0 Å². The second kappa shape index (κ2) is 4.67. The van der Waals surface area contributed by atoms with Gasteiger partial charge in [0, 0.05) is 11.9 Å².